The van der Waals surface area contributed by atoms with Crippen molar-refractivity contribution in [3.63, 3.8) is 0 Å². The number of nitrogens with zero attached hydrogens (tertiary/aromatic N) is 1. The second-order valence-electron chi connectivity index (χ2n) is 4.42. The molecule has 1 aromatic carbocycles. The Bertz CT molecular complexity index is 729. The molecule has 1 amide bonds. The van der Waals surface area contributed by atoms with Crippen LogP contribution >= 0.6 is 0 Å². The summed E-state index contributed by atoms with van der Waals surface area (Å²) in [7, 11) is 0. The molecule has 112 valence electrons. The van der Waals surface area contributed by atoms with E-state index in [1.54, 1.807) is 18.2 Å². The van der Waals surface area contributed by atoms with Crippen LogP contribution in [-0.2, 0) is 9.59 Å². The minimum atomic E-state index is -0.886. The summed E-state index contributed by atoms with van der Waals surface area (Å²) in [4.78, 5) is 25.3. The lowest BCUT2D eigenvalue weighted by atomic mass is 10.00. The summed E-state index contributed by atoms with van der Waals surface area (Å²) in [5.41, 5.74) is 6.74. The van der Waals surface area contributed by atoms with E-state index in [0.717, 1.165) is 0 Å². The number of pyridine rings is 1. The van der Waals surface area contributed by atoms with Gasteiger partial charge in [0.25, 0.3) is 5.91 Å². The van der Waals surface area contributed by atoms with E-state index in [1.807, 2.05) is 0 Å². The number of carbonyl (C=O) groups is 2. The Balaban J connectivity index is 2.48. The quantitative estimate of drug-likeness (QED) is 0.425. The van der Waals surface area contributed by atoms with Crippen LogP contribution in [0.3, 0.4) is 0 Å². The van der Waals surface area contributed by atoms with Gasteiger partial charge in [0, 0.05) is 23.0 Å². The van der Waals surface area contributed by atoms with Crippen molar-refractivity contribution in [2.24, 2.45) is 5.73 Å². The maximum atomic E-state index is 12.9. The Labute approximate surface area is 125 Å². The molecule has 6 nitrogen and oxygen atoms in total. The first kappa shape index (κ1) is 15.3. The molecule has 0 bridgehead atoms. The second kappa shape index (κ2) is 6.57. The number of anilines is 1. The molecule has 0 unspecified atom stereocenters. The first-order valence-corrected chi connectivity index (χ1v) is 6.35. The van der Waals surface area contributed by atoms with Crippen molar-refractivity contribution in [2.45, 2.75) is 0 Å². The van der Waals surface area contributed by atoms with Crippen LogP contribution in [0.25, 0.3) is 11.1 Å². The summed E-state index contributed by atoms with van der Waals surface area (Å²) in [5, 5.41) is 10.6. The molecule has 0 aliphatic rings. The monoisotopic (exact) mass is 300 g/mol. The molecular formula is C15H13FN4O2. The molecule has 4 N–H and O–H groups in total. The van der Waals surface area contributed by atoms with Crippen LogP contribution in [-0.4, -0.2) is 29.4 Å². The molecule has 7 heteroatoms. The third kappa shape index (κ3) is 3.32. The van der Waals surface area contributed by atoms with Crippen molar-refractivity contribution < 1.29 is 14.0 Å². The van der Waals surface area contributed by atoms with E-state index in [-0.39, 0.29) is 17.8 Å². The van der Waals surface area contributed by atoms with Crippen LogP contribution in [0.15, 0.2) is 36.5 Å². The third-order valence-corrected chi connectivity index (χ3v) is 2.97. The largest absolute Gasteiger partial charge is 0.378 e. The van der Waals surface area contributed by atoms with Crippen molar-refractivity contribution in [1.82, 2.24) is 4.98 Å². The molecule has 0 saturated carbocycles. The Morgan fingerprint density at radius 1 is 1.32 bits per heavy atom. The Kier molecular flexibility index (Phi) is 4.57. The number of nitrogens with one attached hydrogen (secondary N) is 2. The van der Waals surface area contributed by atoms with Gasteiger partial charge < -0.3 is 15.8 Å². The van der Waals surface area contributed by atoms with Crippen LogP contribution in [0.4, 0.5) is 10.1 Å². The number of carbonyl (C=O) groups excluding carboxylic acids is 2. The number of rotatable bonds is 6. The minimum Gasteiger partial charge on any atom is -0.378 e. The lowest BCUT2D eigenvalue weighted by Crippen LogP contribution is -2.24. The van der Waals surface area contributed by atoms with Gasteiger partial charge in [0.05, 0.1) is 6.54 Å². The van der Waals surface area contributed by atoms with E-state index in [2.05, 4.69) is 10.3 Å². The topological polar surface area (TPSA) is 109 Å². The number of primary amides is 1. The van der Waals surface area contributed by atoms with Crippen molar-refractivity contribution in [3.8, 4) is 11.1 Å². The summed E-state index contributed by atoms with van der Waals surface area (Å²) in [6, 6.07) is 7.64. The molecule has 0 spiro atoms. The van der Waals surface area contributed by atoms with E-state index >= 15 is 0 Å². The number of aldehydes is 1. The number of aromatic nitrogens is 1. The fraction of sp³-hybridized carbons (Fsp3) is 0.0667. The molecule has 1 heterocycles. The Morgan fingerprint density at radius 3 is 2.64 bits per heavy atom. The predicted octanol–water partition coefficient (Wildman–Crippen LogP) is 1.35. The smallest absolute Gasteiger partial charge is 0.267 e. The average Bonchev–Trinajstić information content (AvgIpc) is 2.52. The van der Waals surface area contributed by atoms with Crippen LogP contribution in [0.2, 0.25) is 0 Å². The lowest BCUT2D eigenvalue weighted by Gasteiger charge is -2.12. The molecule has 0 atom stereocenters. The van der Waals surface area contributed by atoms with Gasteiger partial charge in [0.15, 0.2) is 0 Å². The number of hydrogen-bond acceptors (Lipinski definition) is 5. The van der Waals surface area contributed by atoms with E-state index in [1.165, 1.54) is 18.3 Å². The zero-order valence-corrected chi connectivity index (χ0v) is 11.5. The first-order valence-electron chi connectivity index (χ1n) is 6.35. The molecule has 0 aliphatic heterocycles. The zero-order valence-electron chi connectivity index (χ0n) is 11.5. The van der Waals surface area contributed by atoms with Crippen LogP contribution in [0.5, 0.6) is 0 Å². The minimum absolute atomic E-state index is 0.0382. The molecule has 2 rings (SSSR count). The molecule has 0 radical (unpaired) electrons. The van der Waals surface area contributed by atoms with E-state index in [4.69, 9.17) is 11.1 Å². The summed E-state index contributed by atoms with van der Waals surface area (Å²) in [6.07, 6.45) is 2.01. The molecule has 0 fully saturated rings. The van der Waals surface area contributed by atoms with Crippen LogP contribution < -0.4 is 11.1 Å². The average molecular weight is 300 g/mol. The Hall–Kier alpha value is -3.09. The normalized spacial score (nSPS) is 10.0. The molecule has 2 aromatic rings. The van der Waals surface area contributed by atoms with Gasteiger partial charge in [-0.25, -0.2) is 4.98 Å². The maximum Gasteiger partial charge on any atom is 0.267 e. The summed E-state index contributed by atoms with van der Waals surface area (Å²) in [6.45, 7) is 0.0382. The summed E-state index contributed by atoms with van der Waals surface area (Å²) in [5.74, 6) is -1.48. The molecule has 0 aliphatic carbocycles. The van der Waals surface area contributed by atoms with Crippen LogP contribution in [0.1, 0.15) is 5.56 Å². The van der Waals surface area contributed by atoms with Crippen molar-refractivity contribution in [1.29, 1.82) is 5.41 Å². The Morgan fingerprint density at radius 2 is 2.05 bits per heavy atom. The summed E-state index contributed by atoms with van der Waals surface area (Å²) >= 11 is 0. The molecular weight excluding hydrogens is 287 g/mol. The van der Waals surface area contributed by atoms with Gasteiger partial charge in [-0.3, -0.25) is 10.2 Å². The fourth-order valence-corrected chi connectivity index (χ4v) is 1.92. The van der Waals surface area contributed by atoms with Crippen molar-refractivity contribution in [2.75, 3.05) is 11.9 Å². The highest BCUT2D eigenvalue weighted by Gasteiger charge is 2.14. The van der Waals surface area contributed by atoms with E-state index < -0.39 is 11.9 Å². The van der Waals surface area contributed by atoms with Gasteiger partial charge in [-0.2, -0.15) is 4.39 Å². The SMILES string of the molecule is N=C(C(N)=O)c1cc(-c2ccc(F)nc2)ccc1NCC=O. The zero-order chi connectivity index (χ0) is 16.1. The van der Waals surface area contributed by atoms with Gasteiger partial charge in [-0.1, -0.05) is 6.07 Å². The van der Waals surface area contributed by atoms with Crippen LogP contribution in [0, 0.1) is 11.4 Å². The van der Waals surface area contributed by atoms with Crippen molar-refractivity contribution in [3.05, 3.63) is 48.0 Å². The standard InChI is InChI=1S/C15H13FN4O2/c16-13-4-2-10(8-20-13)9-1-3-12(19-5-6-21)11(7-9)14(17)15(18)22/h1-4,6-8,17,19H,5H2,(H2,18,22). The fourth-order valence-electron chi connectivity index (χ4n) is 1.92. The van der Waals surface area contributed by atoms with Gasteiger partial charge >= 0.3 is 0 Å². The molecule has 1 aromatic heterocycles. The highest BCUT2D eigenvalue weighted by molar-refractivity contribution is 6.44. The predicted molar refractivity (Wildman–Crippen MR) is 80.2 cm³/mol. The third-order valence-electron chi connectivity index (χ3n) is 2.97. The number of nitrogens with two attached hydrogens (primary N) is 1. The van der Waals surface area contributed by atoms with E-state index in [9.17, 15) is 14.0 Å². The number of benzene rings is 1. The van der Waals surface area contributed by atoms with E-state index in [0.29, 0.717) is 23.1 Å². The summed E-state index contributed by atoms with van der Waals surface area (Å²) < 4.78 is 12.9. The van der Waals surface area contributed by atoms with Crippen molar-refractivity contribution >= 4 is 23.6 Å². The van der Waals surface area contributed by atoms with Gasteiger partial charge in [-0.15, -0.1) is 0 Å². The number of hydrogen-bond donors (Lipinski definition) is 3. The number of halogens is 1. The number of amides is 1. The van der Waals surface area contributed by atoms with Gasteiger partial charge in [0.2, 0.25) is 5.95 Å². The maximum absolute atomic E-state index is 12.9. The first-order chi connectivity index (χ1) is 10.5. The lowest BCUT2D eigenvalue weighted by molar-refractivity contribution is -0.112. The van der Waals surface area contributed by atoms with Gasteiger partial charge in [0.1, 0.15) is 12.0 Å². The molecule has 22 heavy (non-hydrogen) atoms. The molecule has 0 saturated heterocycles. The van der Waals surface area contributed by atoms with Gasteiger partial charge in [-0.05, 0) is 29.8 Å². The second-order valence-corrected chi connectivity index (χ2v) is 4.42. The highest BCUT2D eigenvalue weighted by Crippen LogP contribution is 2.25. The highest BCUT2D eigenvalue weighted by atomic mass is 19.1.